The molecular formula is C30H27N3O5S2. The van der Waals surface area contributed by atoms with E-state index in [2.05, 4.69) is 10.6 Å². The van der Waals surface area contributed by atoms with Gasteiger partial charge in [-0.15, -0.1) is 0 Å². The first-order valence-electron chi connectivity index (χ1n) is 12.6. The first-order valence-corrected chi connectivity index (χ1v) is 14.5. The normalized spacial score (nSPS) is 12.3. The van der Waals surface area contributed by atoms with Gasteiger partial charge in [-0.1, -0.05) is 42.5 Å². The summed E-state index contributed by atoms with van der Waals surface area (Å²) in [6, 6.07) is 30.0. The zero-order valence-electron chi connectivity index (χ0n) is 21.4. The number of para-hydroxylation sites is 2. The van der Waals surface area contributed by atoms with E-state index >= 15 is 0 Å². The molecule has 8 nitrogen and oxygen atoms in total. The number of carbonyl (C=O) groups is 1. The van der Waals surface area contributed by atoms with Gasteiger partial charge in [-0.25, -0.2) is 8.42 Å². The van der Waals surface area contributed by atoms with Gasteiger partial charge < -0.3 is 14.8 Å². The van der Waals surface area contributed by atoms with Crippen molar-refractivity contribution in [1.82, 2.24) is 5.32 Å². The second-order valence-corrected chi connectivity index (χ2v) is 11.2. The molecule has 204 valence electrons. The second kappa shape index (κ2) is 12.2. The van der Waals surface area contributed by atoms with Crippen LogP contribution in [0, 0.1) is 0 Å². The number of sulfonamides is 1. The Labute approximate surface area is 238 Å². The first kappa shape index (κ1) is 27.2. The van der Waals surface area contributed by atoms with Crippen molar-refractivity contribution in [1.29, 1.82) is 0 Å². The average Bonchev–Trinajstić information content (AvgIpc) is 3.42. The van der Waals surface area contributed by atoms with Crippen LogP contribution in [0.1, 0.15) is 15.9 Å². The van der Waals surface area contributed by atoms with Gasteiger partial charge in [0.25, 0.3) is 15.9 Å². The minimum atomic E-state index is -3.70. The van der Waals surface area contributed by atoms with Gasteiger partial charge in [0.1, 0.15) is 24.7 Å². The Morgan fingerprint density at radius 3 is 2.27 bits per heavy atom. The van der Waals surface area contributed by atoms with Crippen LogP contribution in [0.5, 0.6) is 11.5 Å². The van der Waals surface area contributed by atoms with Crippen LogP contribution >= 0.6 is 12.2 Å². The Kier molecular flexibility index (Phi) is 8.28. The van der Waals surface area contributed by atoms with Gasteiger partial charge >= 0.3 is 0 Å². The van der Waals surface area contributed by atoms with Crippen molar-refractivity contribution in [3.63, 3.8) is 0 Å². The number of hydrogen-bond acceptors (Lipinski definition) is 6. The Morgan fingerprint density at radius 2 is 1.50 bits per heavy atom. The molecule has 1 heterocycles. The summed E-state index contributed by atoms with van der Waals surface area (Å²) in [5.41, 5.74) is 2.64. The summed E-state index contributed by atoms with van der Waals surface area (Å²) in [6.07, 6.45) is 0.681. The van der Waals surface area contributed by atoms with E-state index < -0.39 is 15.9 Å². The van der Waals surface area contributed by atoms with Crippen molar-refractivity contribution in [3.05, 3.63) is 114 Å². The zero-order chi connectivity index (χ0) is 28.0. The SMILES string of the molecule is O=C(NC(=S)Nc1ccc(S(=O)(=O)N2CCc3ccccc32)cc1)c1cccc(OCCOc2ccccc2)c1. The second-order valence-electron chi connectivity index (χ2n) is 8.93. The summed E-state index contributed by atoms with van der Waals surface area (Å²) < 4.78 is 39.2. The number of ether oxygens (including phenoxy) is 2. The largest absolute Gasteiger partial charge is 0.490 e. The monoisotopic (exact) mass is 573 g/mol. The van der Waals surface area contributed by atoms with Crippen LogP contribution in [-0.2, 0) is 16.4 Å². The number of amides is 1. The minimum Gasteiger partial charge on any atom is -0.490 e. The van der Waals surface area contributed by atoms with E-state index in [0.29, 0.717) is 48.9 Å². The Bertz CT molecular complexity index is 1610. The minimum absolute atomic E-state index is 0.0802. The number of anilines is 2. The average molecular weight is 574 g/mol. The van der Waals surface area contributed by atoms with Crippen molar-refractivity contribution in [2.75, 3.05) is 29.4 Å². The van der Waals surface area contributed by atoms with Gasteiger partial charge in [-0.3, -0.25) is 14.4 Å². The highest BCUT2D eigenvalue weighted by atomic mass is 32.2. The number of carbonyl (C=O) groups excluding carboxylic acids is 1. The van der Waals surface area contributed by atoms with Crippen LogP contribution in [0.2, 0.25) is 0 Å². The molecule has 10 heteroatoms. The van der Waals surface area contributed by atoms with Crippen molar-refractivity contribution in [2.24, 2.45) is 0 Å². The summed E-state index contributed by atoms with van der Waals surface area (Å²) in [5, 5.41) is 5.64. The van der Waals surface area contributed by atoms with E-state index in [1.807, 2.05) is 54.6 Å². The summed E-state index contributed by atoms with van der Waals surface area (Å²) in [7, 11) is -3.70. The number of fused-ring (bicyclic) bond motifs is 1. The smallest absolute Gasteiger partial charge is 0.264 e. The maximum atomic E-state index is 13.2. The lowest BCUT2D eigenvalue weighted by molar-refractivity contribution is 0.0977. The fourth-order valence-electron chi connectivity index (χ4n) is 4.30. The summed E-state index contributed by atoms with van der Waals surface area (Å²) in [4.78, 5) is 12.9. The number of nitrogens with one attached hydrogen (secondary N) is 2. The fraction of sp³-hybridized carbons (Fsp3) is 0.133. The first-order chi connectivity index (χ1) is 19.4. The lowest BCUT2D eigenvalue weighted by atomic mass is 10.2. The van der Waals surface area contributed by atoms with Crippen LogP contribution in [0.4, 0.5) is 11.4 Å². The van der Waals surface area contributed by atoms with Crippen molar-refractivity contribution < 1.29 is 22.7 Å². The molecule has 4 aromatic carbocycles. The van der Waals surface area contributed by atoms with E-state index in [9.17, 15) is 13.2 Å². The van der Waals surface area contributed by atoms with Gasteiger partial charge in [0.05, 0.1) is 10.6 Å². The van der Waals surface area contributed by atoms with Crippen LogP contribution < -0.4 is 24.4 Å². The van der Waals surface area contributed by atoms with E-state index in [0.717, 1.165) is 11.3 Å². The molecular weight excluding hydrogens is 546 g/mol. The Balaban J connectivity index is 1.13. The molecule has 0 spiro atoms. The lowest BCUT2D eigenvalue weighted by Gasteiger charge is -2.19. The highest BCUT2D eigenvalue weighted by Crippen LogP contribution is 2.32. The standard InChI is InChI=1S/C30H27N3O5S2/c34-29(23-8-6-11-26(21-23)38-20-19-37-25-9-2-1-3-10-25)32-30(39)31-24-13-15-27(16-14-24)40(35,36)33-18-17-22-7-4-5-12-28(22)33/h1-16,21H,17-20H2,(H2,31,32,34,39). The molecule has 5 rings (SSSR count). The van der Waals surface area contributed by atoms with Crippen LogP contribution in [0.15, 0.2) is 108 Å². The fourth-order valence-corrected chi connectivity index (χ4v) is 6.01. The molecule has 0 unspecified atom stereocenters. The molecule has 0 bridgehead atoms. The van der Waals surface area contributed by atoms with Crippen molar-refractivity contribution >= 4 is 44.6 Å². The number of rotatable bonds is 9. The van der Waals surface area contributed by atoms with Crippen LogP contribution in [-0.4, -0.2) is 39.2 Å². The van der Waals surface area contributed by atoms with E-state index in [4.69, 9.17) is 21.7 Å². The Morgan fingerprint density at radius 1 is 0.825 bits per heavy atom. The Hall–Kier alpha value is -4.41. The maximum Gasteiger partial charge on any atom is 0.264 e. The number of benzene rings is 4. The maximum absolute atomic E-state index is 13.2. The predicted octanol–water partition coefficient (Wildman–Crippen LogP) is 5.02. The highest BCUT2D eigenvalue weighted by Gasteiger charge is 2.30. The molecule has 1 aliphatic rings. The third kappa shape index (κ3) is 6.41. The summed E-state index contributed by atoms with van der Waals surface area (Å²) >= 11 is 5.30. The van der Waals surface area contributed by atoms with Gasteiger partial charge in [-0.05, 0) is 84.9 Å². The van der Waals surface area contributed by atoms with Crippen molar-refractivity contribution in [2.45, 2.75) is 11.3 Å². The molecule has 0 radical (unpaired) electrons. The van der Waals surface area contributed by atoms with Crippen LogP contribution in [0.3, 0.4) is 0 Å². The lowest BCUT2D eigenvalue weighted by Crippen LogP contribution is -2.34. The quantitative estimate of drug-likeness (QED) is 0.214. The van der Waals surface area contributed by atoms with Gasteiger partial charge in [-0.2, -0.15) is 0 Å². The molecule has 1 amide bonds. The number of nitrogens with zero attached hydrogens (tertiary/aromatic N) is 1. The van der Waals surface area contributed by atoms with E-state index in [1.165, 1.54) is 16.4 Å². The molecule has 4 aromatic rings. The number of hydrogen-bond donors (Lipinski definition) is 2. The third-order valence-electron chi connectivity index (χ3n) is 6.23. The zero-order valence-corrected chi connectivity index (χ0v) is 23.1. The molecule has 1 aliphatic heterocycles. The third-order valence-corrected chi connectivity index (χ3v) is 8.26. The van der Waals surface area contributed by atoms with Gasteiger partial charge in [0.15, 0.2) is 5.11 Å². The van der Waals surface area contributed by atoms with Crippen LogP contribution in [0.25, 0.3) is 0 Å². The topological polar surface area (TPSA) is 97.0 Å². The predicted molar refractivity (Wildman–Crippen MR) is 159 cm³/mol. The molecule has 0 fully saturated rings. The van der Waals surface area contributed by atoms with E-state index in [-0.39, 0.29) is 10.0 Å². The highest BCUT2D eigenvalue weighted by molar-refractivity contribution is 7.92. The summed E-state index contributed by atoms with van der Waals surface area (Å²) in [6.45, 7) is 1.08. The molecule has 2 N–H and O–H groups in total. The van der Waals surface area contributed by atoms with Crippen molar-refractivity contribution in [3.8, 4) is 11.5 Å². The number of thiocarbonyl (C=S) groups is 1. The molecule has 0 saturated carbocycles. The molecule has 0 atom stereocenters. The molecule has 0 aliphatic carbocycles. The van der Waals surface area contributed by atoms with E-state index in [1.54, 1.807) is 36.4 Å². The molecule has 40 heavy (non-hydrogen) atoms. The molecule has 0 aromatic heterocycles. The van der Waals surface area contributed by atoms with Gasteiger partial charge in [0, 0.05) is 17.8 Å². The molecule has 0 saturated heterocycles. The van der Waals surface area contributed by atoms with Gasteiger partial charge in [0.2, 0.25) is 0 Å². The summed E-state index contributed by atoms with van der Waals surface area (Å²) in [5.74, 6) is 0.880.